The molecule has 2 rings (SSSR count). The number of alkyl halides is 2. The van der Waals surface area contributed by atoms with Crippen LogP contribution in [0.4, 0.5) is 17.1 Å². The molecular weight excluding hydrogens is 427 g/mol. The lowest BCUT2D eigenvalue weighted by Crippen LogP contribution is -2.35. The highest BCUT2D eigenvalue weighted by molar-refractivity contribution is 6.18. The topological polar surface area (TPSA) is 72.2 Å². The molecule has 0 spiro atoms. The molecule has 3 N–H and O–H groups in total. The third-order valence-electron chi connectivity index (χ3n) is 5.08. The summed E-state index contributed by atoms with van der Waals surface area (Å²) in [7, 11) is 3.81. The maximum Gasteiger partial charge on any atom is 0.158 e. The standard InChI is InChI=1S/C21H36Cl2N4O3/c1-25-19-15-17(27(12-9-22)13-10-23)7-8-20(19)26(2)29-16-18-5-3-6-21(30-18)28-14-4-11-24/h7-8,15,18,21,25H,3-6,9-14,16,24H2,1-2H3. The molecule has 1 aliphatic heterocycles. The first-order valence-corrected chi connectivity index (χ1v) is 11.7. The molecule has 0 aliphatic carbocycles. The molecule has 1 aromatic rings. The molecule has 0 saturated carbocycles. The number of halogens is 2. The number of rotatable bonds is 14. The molecule has 1 aromatic carbocycles. The number of hydroxylamine groups is 1. The van der Waals surface area contributed by atoms with Crippen LogP contribution in [0.15, 0.2) is 18.2 Å². The van der Waals surface area contributed by atoms with Crippen LogP contribution < -0.4 is 21.0 Å². The van der Waals surface area contributed by atoms with Gasteiger partial charge < -0.3 is 25.4 Å². The van der Waals surface area contributed by atoms with Gasteiger partial charge in [0.15, 0.2) is 6.29 Å². The summed E-state index contributed by atoms with van der Waals surface area (Å²) >= 11 is 11.9. The highest BCUT2D eigenvalue weighted by Gasteiger charge is 2.24. The molecule has 7 nitrogen and oxygen atoms in total. The van der Waals surface area contributed by atoms with E-state index < -0.39 is 0 Å². The van der Waals surface area contributed by atoms with E-state index in [2.05, 4.69) is 22.3 Å². The van der Waals surface area contributed by atoms with Crippen molar-refractivity contribution in [1.29, 1.82) is 0 Å². The lowest BCUT2D eigenvalue weighted by atomic mass is 10.1. The van der Waals surface area contributed by atoms with E-state index in [9.17, 15) is 0 Å². The fraction of sp³-hybridized carbons (Fsp3) is 0.714. The van der Waals surface area contributed by atoms with Crippen LogP contribution in [0, 0.1) is 0 Å². The molecule has 0 amide bonds. The second-order valence-electron chi connectivity index (χ2n) is 7.24. The first-order chi connectivity index (χ1) is 14.6. The SMILES string of the molecule is CNc1cc(N(CCCl)CCCl)ccc1N(C)OCC1CCCC(OCCCN)O1. The molecule has 0 radical (unpaired) electrons. The van der Waals surface area contributed by atoms with Crippen molar-refractivity contribution in [1.82, 2.24) is 0 Å². The highest BCUT2D eigenvalue weighted by Crippen LogP contribution is 2.31. The summed E-state index contributed by atoms with van der Waals surface area (Å²) < 4.78 is 11.8. The number of ether oxygens (including phenoxy) is 2. The average molecular weight is 463 g/mol. The monoisotopic (exact) mass is 462 g/mol. The largest absolute Gasteiger partial charge is 0.386 e. The Morgan fingerprint density at radius 2 is 2.00 bits per heavy atom. The summed E-state index contributed by atoms with van der Waals surface area (Å²) in [5.41, 5.74) is 8.51. The van der Waals surface area contributed by atoms with E-state index >= 15 is 0 Å². The minimum absolute atomic E-state index is 0.0179. The average Bonchev–Trinajstić information content (AvgIpc) is 2.77. The van der Waals surface area contributed by atoms with E-state index in [0.29, 0.717) is 31.5 Å². The van der Waals surface area contributed by atoms with Crippen LogP contribution >= 0.6 is 23.2 Å². The predicted molar refractivity (Wildman–Crippen MR) is 126 cm³/mol. The summed E-state index contributed by atoms with van der Waals surface area (Å²) in [4.78, 5) is 8.19. The normalized spacial score (nSPS) is 19.0. The van der Waals surface area contributed by atoms with E-state index in [4.69, 9.17) is 43.2 Å². The third-order valence-corrected chi connectivity index (χ3v) is 5.42. The van der Waals surface area contributed by atoms with E-state index in [1.54, 1.807) is 5.06 Å². The van der Waals surface area contributed by atoms with Gasteiger partial charge >= 0.3 is 0 Å². The van der Waals surface area contributed by atoms with Gasteiger partial charge in [0.2, 0.25) is 0 Å². The smallest absolute Gasteiger partial charge is 0.158 e. The van der Waals surface area contributed by atoms with Crippen LogP contribution in [0.2, 0.25) is 0 Å². The van der Waals surface area contributed by atoms with Gasteiger partial charge in [0.25, 0.3) is 0 Å². The van der Waals surface area contributed by atoms with Gasteiger partial charge in [0.05, 0.1) is 24.1 Å². The summed E-state index contributed by atoms with van der Waals surface area (Å²) in [5, 5.41) is 5.04. The maximum absolute atomic E-state index is 6.02. The lowest BCUT2D eigenvalue weighted by Gasteiger charge is -2.31. The summed E-state index contributed by atoms with van der Waals surface area (Å²) in [5.74, 6) is 1.10. The van der Waals surface area contributed by atoms with Gasteiger partial charge in [0.1, 0.15) is 6.61 Å². The first-order valence-electron chi connectivity index (χ1n) is 10.6. The molecule has 2 atom stereocenters. The maximum atomic E-state index is 6.02. The van der Waals surface area contributed by atoms with E-state index in [1.807, 2.05) is 20.2 Å². The van der Waals surface area contributed by atoms with Gasteiger partial charge in [-0.1, -0.05) is 0 Å². The molecule has 30 heavy (non-hydrogen) atoms. The molecule has 9 heteroatoms. The molecule has 172 valence electrons. The van der Waals surface area contributed by atoms with Crippen molar-refractivity contribution in [3.05, 3.63) is 18.2 Å². The number of benzene rings is 1. The molecule has 1 aliphatic rings. The molecule has 2 unspecified atom stereocenters. The fourth-order valence-corrected chi connectivity index (χ4v) is 3.85. The Balaban J connectivity index is 1.93. The van der Waals surface area contributed by atoms with Crippen molar-refractivity contribution in [2.24, 2.45) is 5.73 Å². The van der Waals surface area contributed by atoms with Gasteiger partial charge in [0, 0.05) is 44.6 Å². The van der Waals surface area contributed by atoms with Crippen LogP contribution in [-0.2, 0) is 14.3 Å². The number of anilines is 3. The van der Waals surface area contributed by atoms with Crippen molar-refractivity contribution >= 4 is 40.3 Å². The van der Waals surface area contributed by atoms with Gasteiger partial charge in [-0.2, -0.15) is 0 Å². The van der Waals surface area contributed by atoms with Gasteiger partial charge in [-0.3, -0.25) is 9.90 Å². The Hall–Kier alpha value is -0.960. The van der Waals surface area contributed by atoms with Crippen molar-refractivity contribution in [3.63, 3.8) is 0 Å². The van der Waals surface area contributed by atoms with Crippen LogP contribution in [0.5, 0.6) is 0 Å². The number of hydrogen-bond acceptors (Lipinski definition) is 7. The van der Waals surface area contributed by atoms with Crippen LogP contribution in [0.25, 0.3) is 0 Å². The molecule has 1 heterocycles. The van der Waals surface area contributed by atoms with E-state index in [-0.39, 0.29) is 12.4 Å². The third kappa shape index (κ3) is 7.94. The van der Waals surface area contributed by atoms with E-state index in [0.717, 1.165) is 55.8 Å². The Bertz CT molecular complexity index is 606. The van der Waals surface area contributed by atoms with Crippen LogP contribution in [-0.4, -0.2) is 71.1 Å². The molecule has 0 aromatic heterocycles. The van der Waals surface area contributed by atoms with Gasteiger partial charge in [-0.25, -0.2) is 0 Å². The Morgan fingerprint density at radius 1 is 1.23 bits per heavy atom. The fourth-order valence-electron chi connectivity index (χ4n) is 3.44. The van der Waals surface area contributed by atoms with Crippen LogP contribution in [0.1, 0.15) is 25.7 Å². The number of nitrogens with two attached hydrogens (primary N) is 1. The minimum Gasteiger partial charge on any atom is -0.386 e. The predicted octanol–water partition coefficient (Wildman–Crippen LogP) is 3.64. The zero-order chi connectivity index (χ0) is 21.8. The summed E-state index contributed by atoms with van der Waals surface area (Å²) in [6, 6.07) is 6.19. The lowest BCUT2D eigenvalue weighted by molar-refractivity contribution is -0.205. The number of nitrogens with one attached hydrogen (secondary N) is 1. The summed E-state index contributed by atoms with van der Waals surface area (Å²) in [6.07, 6.45) is 3.66. The zero-order valence-corrected chi connectivity index (χ0v) is 19.6. The van der Waals surface area contributed by atoms with Crippen molar-refractivity contribution in [2.75, 3.05) is 74.0 Å². The quantitative estimate of drug-likeness (QED) is 0.248. The van der Waals surface area contributed by atoms with Gasteiger partial charge in [-0.05, 0) is 50.4 Å². The van der Waals surface area contributed by atoms with Gasteiger partial charge in [-0.15, -0.1) is 23.2 Å². The Labute approximate surface area is 190 Å². The highest BCUT2D eigenvalue weighted by atomic mass is 35.5. The zero-order valence-electron chi connectivity index (χ0n) is 18.1. The van der Waals surface area contributed by atoms with Crippen molar-refractivity contribution in [2.45, 2.75) is 38.1 Å². The Kier molecular flexibility index (Phi) is 11.9. The number of nitrogens with zero attached hydrogens (tertiary/aromatic N) is 2. The molecule has 1 saturated heterocycles. The second kappa shape index (κ2) is 14.2. The second-order valence-corrected chi connectivity index (χ2v) is 8.00. The molecule has 0 bridgehead atoms. The molecular formula is C21H36Cl2N4O3. The van der Waals surface area contributed by atoms with Crippen molar-refractivity contribution in [3.8, 4) is 0 Å². The van der Waals surface area contributed by atoms with E-state index in [1.165, 1.54) is 0 Å². The summed E-state index contributed by atoms with van der Waals surface area (Å²) in [6.45, 7) is 3.24. The molecule has 1 fully saturated rings. The number of hydrogen-bond donors (Lipinski definition) is 2. The minimum atomic E-state index is -0.161. The Morgan fingerprint density at radius 3 is 2.67 bits per heavy atom. The van der Waals surface area contributed by atoms with Crippen LogP contribution in [0.3, 0.4) is 0 Å². The first kappa shape index (κ1) is 25.3. The van der Waals surface area contributed by atoms with Crippen molar-refractivity contribution < 1.29 is 14.3 Å².